The number of fused-ring (bicyclic) bond motifs is 1. The maximum absolute atomic E-state index is 14.7. The van der Waals surface area contributed by atoms with Gasteiger partial charge in [-0.2, -0.15) is 5.10 Å². The third-order valence-electron chi connectivity index (χ3n) is 9.83. The number of halogens is 2. The Balaban J connectivity index is 1.37. The molecule has 9 nitrogen and oxygen atoms in total. The van der Waals surface area contributed by atoms with Gasteiger partial charge in [0.25, 0.3) is 11.8 Å². The summed E-state index contributed by atoms with van der Waals surface area (Å²) in [5, 5.41) is 18.6. The summed E-state index contributed by atoms with van der Waals surface area (Å²) in [6.07, 6.45) is 3.69. The number of amides is 3. The second-order valence-corrected chi connectivity index (χ2v) is 13.8. The fourth-order valence-electron chi connectivity index (χ4n) is 6.85. The van der Waals surface area contributed by atoms with Crippen LogP contribution in [-0.2, 0) is 24.2 Å². The van der Waals surface area contributed by atoms with Crippen molar-refractivity contribution < 1.29 is 23.9 Å². The molecular weight excluding hydrogens is 657 g/mol. The van der Waals surface area contributed by atoms with E-state index in [0.717, 1.165) is 36.8 Å². The van der Waals surface area contributed by atoms with Crippen LogP contribution in [-0.4, -0.2) is 67.1 Å². The third kappa shape index (κ3) is 7.04. The van der Waals surface area contributed by atoms with Crippen LogP contribution in [0.5, 0.6) is 0 Å². The Hall–Kier alpha value is -4.54. The van der Waals surface area contributed by atoms with Gasteiger partial charge in [0.05, 0.1) is 29.3 Å². The van der Waals surface area contributed by atoms with Gasteiger partial charge >= 0.3 is 0 Å². The molecule has 0 radical (unpaired) electrons. The number of rotatable bonds is 12. The molecule has 1 fully saturated rings. The van der Waals surface area contributed by atoms with Crippen LogP contribution in [0.25, 0.3) is 5.69 Å². The number of aryl methyl sites for hydroxylation is 1. The Labute approximate surface area is 297 Å². The number of benzene rings is 3. The zero-order valence-corrected chi connectivity index (χ0v) is 29.5. The summed E-state index contributed by atoms with van der Waals surface area (Å²) in [5.74, 6) is -1.59. The van der Waals surface area contributed by atoms with Crippen molar-refractivity contribution in [3.63, 3.8) is 0 Å². The molecule has 50 heavy (non-hydrogen) atoms. The van der Waals surface area contributed by atoms with Crippen LogP contribution in [0, 0.1) is 12.7 Å². The molecule has 4 aromatic rings. The van der Waals surface area contributed by atoms with Crippen LogP contribution < -0.4 is 5.32 Å². The van der Waals surface area contributed by atoms with Gasteiger partial charge in [-0.1, -0.05) is 68.6 Å². The smallest absolute Gasteiger partial charge is 0.274 e. The monoisotopic (exact) mass is 699 g/mol. The van der Waals surface area contributed by atoms with Gasteiger partial charge in [-0.15, -0.1) is 0 Å². The number of hydrogen-bond acceptors (Lipinski definition) is 5. The Kier molecular flexibility index (Phi) is 10.4. The van der Waals surface area contributed by atoms with Crippen molar-refractivity contribution in [2.75, 3.05) is 18.4 Å². The van der Waals surface area contributed by atoms with Gasteiger partial charge in [-0.3, -0.25) is 14.4 Å². The zero-order valence-electron chi connectivity index (χ0n) is 28.7. The zero-order chi connectivity index (χ0) is 35.6. The number of carbonyl (C=O) groups is 3. The summed E-state index contributed by atoms with van der Waals surface area (Å²) < 4.78 is 16.1. The molecule has 1 saturated carbocycles. The number of hydrogen-bond donors (Lipinski definition) is 2. The van der Waals surface area contributed by atoms with E-state index in [1.165, 1.54) is 18.2 Å². The average molecular weight is 700 g/mol. The summed E-state index contributed by atoms with van der Waals surface area (Å²) in [4.78, 5) is 45.2. The van der Waals surface area contributed by atoms with Crippen LogP contribution >= 0.6 is 11.6 Å². The van der Waals surface area contributed by atoms with Gasteiger partial charge in [0.2, 0.25) is 5.91 Å². The van der Waals surface area contributed by atoms with Crippen molar-refractivity contribution in [3.05, 3.63) is 111 Å². The summed E-state index contributed by atoms with van der Waals surface area (Å²) in [6, 6.07) is 18.8. The molecule has 2 heterocycles. The number of anilines is 1. The number of unbranched alkanes of at least 4 members (excludes halogenated alkanes) is 2. The normalized spacial score (nSPS) is 17.8. The number of nitrogens with zero attached hydrogens (tertiary/aromatic N) is 4. The molecule has 6 rings (SSSR count). The molecule has 2 atom stereocenters. The summed E-state index contributed by atoms with van der Waals surface area (Å²) >= 11 is 6.18. The molecular formula is C39H43ClFN5O4. The van der Waals surface area contributed by atoms with Crippen molar-refractivity contribution in [3.8, 4) is 5.69 Å². The van der Waals surface area contributed by atoms with E-state index < -0.39 is 23.4 Å². The number of nitrogens with one attached hydrogen (secondary N) is 1. The van der Waals surface area contributed by atoms with Gasteiger partial charge in [0, 0.05) is 48.0 Å². The van der Waals surface area contributed by atoms with E-state index in [-0.39, 0.29) is 40.1 Å². The SMILES string of the molecule is CCCCN(CCCC)C(=O)c1cc(C)n(-c2ccc(NC(=O)Cc3c(F)cccc3Cl)cc2C(=O)N2Cc3ccccc3CC23C[C@@H]3O)n1. The van der Waals surface area contributed by atoms with Crippen LogP contribution in [0.2, 0.25) is 5.02 Å². The summed E-state index contributed by atoms with van der Waals surface area (Å²) in [5.41, 5.74) is 3.36. The van der Waals surface area contributed by atoms with Crippen LogP contribution in [0.15, 0.2) is 66.7 Å². The largest absolute Gasteiger partial charge is 0.391 e. The average Bonchev–Trinajstić information content (AvgIpc) is 3.56. The van der Waals surface area contributed by atoms with Crippen molar-refractivity contribution in [1.29, 1.82) is 0 Å². The van der Waals surface area contributed by atoms with E-state index in [2.05, 4.69) is 19.2 Å². The lowest BCUT2D eigenvalue weighted by molar-refractivity contribution is -0.115. The first-order chi connectivity index (χ1) is 24.1. The fourth-order valence-corrected chi connectivity index (χ4v) is 7.08. The summed E-state index contributed by atoms with van der Waals surface area (Å²) in [7, 11) is 0. The summed E-state index contributed by atoms with van der Waals surface area (Å²) in [6.45, 7) is 7.59. The van der Waals surface area contributed by atoms with Crippen LogP contribution in [0.3, 0.4) is 0 Å². The minimum absolute atomic E-state index is 0.0764. The highest BCUT2D eigenvalue weighted by Crippen LogP contribution is 2.49. The number of aliphatic hydroxyl groups is 1. The molecule has 3 amide bonds. The van der Waals surface area contributed by atoms with Crippen LogP contribution in [0.4, 0.5) is 10.1 Å². The molecule has 1 unspecified atom stereocenters. The van der Waals surface area contributed by atoms with Gasteiger partial charge in [-0.05, 0) is 73.7 Å². The lowest BCUT2D eigenvalue weighted by Crippen LogP contribution is -2.48. The Morgan fingerprint density at radius 2 is 1.72 bits per heavy atom. The predicted octanol–water partition coefficient (Wildman–Crippen LogP) is 6.90. The second-order valence-electron chi connectivity index (χ2n) is 13.4. The van der Waals surface area contributed by atoms with E-state index in [0.29, 0.717) is 49.5 Å². The molecule has 11 heteroatoms. The molecule has 2 N–H and O–H groups in total. The first-order valence-corrected chi connectivity index (χ1v) is 17.7. The molecule has 3 aromatic carbocycles. The molecule has 2 aliphatic rings. The first-order valence-electron chi connectivity index (χ1n) is 17.4. The number of aliphatic hydroxyl groups excluding tert-OH is 1. The van der Waals surface area contributed by atoms with Crippen LogP contribution in [0.1, 0.15) is 89.2 Å². The fraction of sp³-hybridized carbons (Fsp3) is 0.385. The molecule has 1 aliphatic heterocycles. The number of carbonyl (C=O) groups excluding carboxylic acids is 3. The van der Waals surface area contributed by atoms with Crippen molar-refractivity contribution in [1.82, 2.24) is 19.6 Å². The maximum Gasteiger partial charge on any atom is 0.274 e. The quantitative estimate of drug-likeness (QED) is 0.167. The molecule has 0 saturated heterocycles. The Morgan fingerprint density at radius 3 is 2.38 bits per heavy atom. The van der Waals surface area contributed by atoms with Crippen molar-refractivity contribution >= 4 is 35.0 Å². The van der Waals surface area contributed by atoms with E-state index in [9.17, 15) is 23.9 Å². The highest BCUT2D eigenvalue weighted by Gasteiger charge is 2.61. The van der Waals surface area contributed by atoms with E-state index >= 15 is 0 Å². The molecule has 1 aromatic heterocycles. The molecule has 0 bridgehead atoms. The molecule has 1 spiro atoms. The topological polar surface area (TPSA) is 108 Å². The lowest BCUT2D eigenvalue weighted by atomic mass is 9.91. The molecule has 262 valence electrons. The van der Waals surface area contributed by atoms with E-state index in [1.807, 2.05) is 36.1 Å². The molecule has 1 aliphatic carbocycles. The lowest BCUT2D eigenvalue weighted by Gasteiger charge is -2.38. The standard InChI is InChI=1S/C39H43ClFN5O4/c1-4-6-17-44(18-7-5-2)38(50)33-19-25(3)46(43-33)34-16-15-28(42-36(48)21-29-31(40)13-10-14-32(29)41)20-30(34)37(49)45-24-27-12-9-8-11-26(27)22-39(45)23-35(39)47/h8-16,19-20,35,47H,4-7,17-18,21-24H2,1-3H3,(H,42,48)/t35-,39?/m0/s1. The third-order valence-corrected chi connectivity index (χ3v) is 10.2. The highest BCUT2D eigenvalue weighted by molar-refractivity contribution is 6.31. The van der Waals surface area contributed by atoms with E-state index in [1.54, 1.807) is 33.8 Å². The van der Waals surface area contributed by atoms with E-state index in [4.69, 9.17) is 16.7 Å². The van der Waals surface area contributed by atoms with Gasteiger partial charge in [-0.25, -0.2) is 9.07 Å². The minimum atomic E-state index is -0.747. The van der Waals surface area contributed by atoms with Gasteiger partial charge < -0.3 is 20.2 Å². The second kappa shape index (κ2) is 14.7. The highest BCUT2D eigenvalue weighted by atomic mass is 35.5. The predicted molar refractivity (Wildman–Crippen MR) is 191 cm³/mol. The Bertz CT molecular complexity index is 1900. The Morgan fingerprint density at radius 1 is 1.02 bits per heavy atom. The number of aromatic nitrogens is 2. The van der Waals surface area contributed by atoms with Crippen molar-refractivity contribution in [2.24, 2.45) is 0 Å². The minimum Gasteiger partial charge on any atom is -0.391 e. The first kappa shape index (κ1) is 35.3. The van der Waals surface area contributed by atoms with Crippen molar-refractivity contribution in [2.45, 2.75) is 83.9 Å². The maximum atomic E-state index is 14.7. The van der Waals surface area contributed by atoms with Gasteiger partial charge in [0.15, 0.2) is 5.69 Å². The van der Waals surface area contributed by atoms with Gasteiger partial charge in [0.1, 0.15) is 5.82 Å².